The van der Waals surface area contributed by atoms with Crippen LogP contribution in [-0.4, -0.2) is 12.1 Å². The molecule has 3 nitrogen and oxygen atoms in total. The second-order valence-corrected chi connectivity index (χ2v) is 3.10. The second-order valence-electron chi connectivity index (χ2n) is 3.10. The third kappa shape index (κ3) is 2.49. The molecule has 0 radical (unpaired) electrons. The molecule has 76 valence electrons. The summed E-state index contributed by atoms with van der Waals surface area (Å²) in [5.41, 5.74) is 0.923. The average molecular weight is 193 g/mol. The Morgan fingerprint density at radius 1 is 1.50 bits per heavy atom. The third-order valence-corrected chi connectivity index (χ3v) is 2.00. The molecular formula is C11H13O3-. The Morgan fingerprint density at radius 2 is 2.14 bits per heavy atom. The molecule has 0 saturated heterocycles. The Morgan fingerprint density at radius 3 is 2.64 bits per heavy atom. The van der Waals surface area contributed by atoms with Crippen molar-refractivity contribution in [2.24, 2.45) is 0 Å². The highest BCUT2D eigenvalue weighted by Gasteiger charge is 2.09. The molecule has 0 aliphatic carbocycles. The van der Waals surface area contributed by atoms with Gasteiger partial charge < -0.3 is 14.6 Å². The number of carbonyl (C=O) groups excluding carboxylic acids is 1. The summed E-state index contributed by atoms with van der Waals surface area (Å²) < 4.78 is 5.29. The average Bonchev–Trinajstić information content (AvgIpc) is 2.16. The summed E-state index contributed by atoms with van der Waals surface area (Å²) in [5, 5.41) is 10.6. The standard InChI is InChI=1S/C11H14O3/c1-3-9(11(12)13)14-10-7-5-4-6-8(10)2/h4-7,9H,3H2,1-2H3,(H,12,13)/p-1/t9-/m1/s1. The lowest BCUT2D eigenvalue weighted by Crippen LogP contribution is -2.39. The number of carbonyl (C=O) groups is 1. The Labute approximate surface area is 83.3 Å². The van der Waals surface area contributed by atoms with E-state index >= 15 is 0 Å². The van der Waals surface area contributed by atoms with Crippen molar-refractivity contribution < 1.29 is 14.6 Å². The minimum absolute atomic E-state index is 0.399. The number of carboxylic acids is 1. The first-order valence-electron chi connectivity index (χ1n) is 4.58. The largest absolute Gasteiger partial charge is 0.546 e. The molecule has 0 amide bonds. The molecule has 0 fully saturated rings. The maximum atomic E-state index is 10.6. The maximum Gasteiger partial charge on any atom is 0.138 e. The van der Waals surface area contributed by atoms with Gasteiger partial charge in [-0.15, -0.1) is 0 Å². The van der Waals surface area contributed by atoms with Crippen LogP contribution in [0.2, 0.25) is 0 Å². The number of aryl methyl sites for hydroxylation is 1. The predicted molar refractivity (Wildman–Crippen MR) is 50.9 cm³/mol. The summed E-state index contributed by atoms with van der Waals surface area (Å²) in [5.74, 6) is -0.570. The van der Waals surface area contributed by atoms with Crippen LogP contribution < -0.4 is 9.84 Å². The molecule has 1 rings (SSSR count). The van der Waals surface area contributed by atoms with Gasteiger partial charge in [0, 0.05) is 0 Å². The fourth-order valence-electron chi connectivity index (χ4n) is 1.14. The van der Waals surface area contributed by atoms with Crippen LogP contribution >= 0.6 is 0 Å². The molecule has 3 heteroatoms. The number of ether oxygens (including phenoxy) is 1. The van der Waals surface area contributed by atoms with E-state index in [4.69, 9.17) is 4.74 Å². The second kappa shape index (κ2) is 4.65. The number of aliphatic carboxylic acids is 1. The highest BCUT2D eigenvalue weighted by molar-refractivity contribution is 5.70. The molecule has 0 aliphatic rings. The molecule has 1 aromatic rings. The van der Waals surface area contributed by atoms with Gasteiger partial charge in [-0.2, -0.15) is 0 Å². The van der Waals surface area contributed by atoms with E-state index in [1.807, 2.05) is 25.1 Å². The minimum atomic E-state index is -1.17. The molecule has 0 saturated carbocycles. The number of rotatable bonds is 4. The van der Waals surface area contributed by atoms with Crippen molar-refractivity contribution in [2.45, 2.75) is 26.4 Å². The van der Waals surface area contributed by atoms with E-state index in [1.54, 1.807) is 13.0 Å². The van der Waals surface area contributed by atoms with Crippen LogP contribution in [0, 0.1) is 6.92 Å². The lowest BCUT2D eigenvalue weighted by atomic mass is 10.2. The van der Waals surface area contributed by atoms with Crippen molar-refractivity contribution in [3.05, 3.63) is 29.8 Å². The Balaban J connectivity index is 2.77. The summed E-state index contributed by atoms with van der Waals surface area (Å²) in [6, 6.07) is 7.31. The SMILES string of the molecule is CC[C@@H](Oc1ccccc1C)C(=O)[O-]. The van der Waals surface area contributed by atoms with Gasteiger partial charge in [-0.05, 0) is 25.0 Å². The first-order chi connectivity index (χ1) is 6.65. The third-order valence-electron chi connectivity index (χ3n) is 2.00. The number of benzene rings is 1. The van der Waals surface area contributed by atoms with Crippen molar-refractivity contribution in [2.75, 3.05) is 0 Å². The molecule has 0 N–H and O–H groups in total. The number of carboxylic acid groups (broad SMARTS) is 1. The van der Waals surface area contributed by atoms with Gasteiger partial charge >= 0.3 is 0 Å². The Bertz CT molecular complexity index is 320. The summed E-state index contributed by atoms with van der Waals surface area (Å²) in [6.45, 7) is 3.62. The van der Waals surface area contributed by atoms with Crippen LogP contribution in [0.25, 0.3) is 0 Å². The van der Waals surface area contributed by atoms with Crippen LogP contribution in [0.4, 0.5) is 0 Å². The van der Waals surface area contributed by atoms with Gasteiger partial charge in [0.15, 0.2) is 0 Å². The summed E-state index contributed by atoms with van der Waals surface area (Å²) in [7, 11) is 0. The Kier molecular flexibility index (Phi) is 3.51. The van der Waals surface area contributed by atoms with E-state index in [0.717, 1.165) is 5.56 Å². The van der Waals surface area contributed by atoms with E-state index in [2.05, 4.69) is 0 Å². The first-order valence-corrected chi connectivity index (χ1v) is 4.58. The fraction of sp³-hybridized carbons (Fsp3) is 0.364. The highest BCUT2D eigenvalue weighted by atomic mass is 16.5. The van der Waals surface area contributed by atoms with Gasteiger partial charge in [-0.3, -0.25) is 0 Å². The van der Waals surface area contributed by atoms with Crippen molar-refractivity contribution in [1.29, 1.82) is 0 Å². The van der Waals surface area contributed by atoms with Crippen molar-refractivity contribution >= 4 is 5.97 Å². The van der Waals surface area contributed by atoms with Crippen LogP contribution in [0.15, 0.2) is 24.3 Å². The van der Waals surface area contributed by atoms with E-state index in [9.17, 15) is 9.90 Å². The zero-order valence-electron chi connectivity index (χ0n) is 8.32. The van der Waals surface area contributed by atoms with Gasteiger partial charge in [0.25, 0.3) is 0 Å². The van der Waals surface area contributed by atoms with E-state index in [0.29, 0.717) is 12.2 Å². The van der Waals surface area contributed by atoms with Gasteiger partial charge in [0.05, 0.1) is 5.97 Å². The molecule has 0 aliphatic heterocycles. The van der Waals surface area contributed by atoms with Gasteiger partial charge in [0.1, 0.15) is 11.9 Å². The van der Waals surface area contributed by atoms with Crippen LogP contribution in [0.1, 0.15) is 18.9 Å². The smallest absolute Gasteiger partial charge is 0.138 e. The molecule has 0 heterocycles. The summed E-state index contributed by atoms with van der Waals surface area (Å²) in [4.78, 5) is 10.6. The topological polar surface area (TPSA) is 49.4 Å². The molecule has 0 unspecified atom stereocenters. The predicted octanol–water partition coefficient (Wildman–Crippen LogP) is 0.902. The van der Waals surface area contributed by atoms with Gasteiger partial charge in [0.2, 0.25) is 0 Å². The zero-order valence-corrected chi connectivity index (χ0v) is 8.32. The maximum absolute atomic E-state index is 10.6. The quantitative estimate of drug-likeness (QED) is 0.713. The van der Waals surface area contributed by atoms with Crippen molar-refractivity contribution in [3.63, 3.8) is 0 Å². The molecule has 1 aromatic carbocycles. The molecule has 0 spiro atoms. The normalized spacial score (nSPS) is 12.1. The minimum Gasteiger partial charge on any atom is -0.546 e. The lowest BCUT2D eigenvalue weighted by molar-refractivity contribution is -0.313. The number of hydrogen-bond acceptors (Lipinski definition) is 3. The van der Waals surface area contributed by atoms with Crippen LogP contribution in [0.5, 0.6) is 5.75 Å². The summed E-state index contributed by atoms with van der Waals surface area (Å²) in [6.07, 6.45) is -0.465. The number of hydrogen-bond donors (Lipinski definition) is 0. The number of para-hydroxylation sites is 1. The van der Waals surface area contributed by atoms with E-state index in [-0.39, 0.29) is 0 Å². The van der Waals surface area contributed by atoms with Crippen molar-refractivity contribution in [3.8, 4) is 5.75 Å². The van der Waals surface area contributed by atoms with Gasteiger partial charge in [-0.25, -0.2) is 0 Å². The highest BCUT2D eigenvalue weighted by Crippen LogP contribution is 2.18. The van der Waals surface area contributed by atoms with E-state index in [1.165, 1.54) is 0 Å². The van der Waals surface area contributed by atoms with Crippen LogP contribution in [0.3, 0.4) is 0 Å². The Hall–Kier alpha value is -1.51. The fourth-order valence-corrected chi connectivity index (χ4v) is 1.14. The lowest BCUT2D eigenvalue weighted by Gasteiger charge is -2.19. The van der Waals surface area contributed by atoms with Crippen molar-refractivity contribution in [1.82, 2.24) is 0 Å². The molecular weight excluding hydrogens is 180 g/mol. The molecule has 0 aromatic heterocycles. The van der Waals surface area contributed by atoms with E-state index < -0.39 is 12.1 Å². The first kappa shape index (κ1) is 10.6. The van der Waals surface area contributed by atoms with Crippen LogP contribution in [-0.2, 0) is 4.79 Å². The molecule has 0 bridgehead atoms. The zero-order chi connectivity index (χ0) is 10.6. The monoisotopic (exact) mass is 193 g/mol. The summed E-state index contributed by atoms with van der Waals surface area (Å²) >= 11 is 0. The van der Waals surface area contributed by atoms with Gasteiger partial charge in [-0.1, -0.05) is 25.1 Å². The molecule has 1 atom stereocenters. The molecule has 14 heavy (non-hydrogen) atoms.